The van der Waals surface area contributed by atoms with Crippen LogP contribution in [0.5, 0.6) is 5.75 Å². The van der Waals surface area contributed by atoms with Crippen LogP contribution in [-0.2, 0) is 15.0 Å². The van der Waals surface area contributed by atoms with Gasteiger partial charge in [-0.2, -0.15) is 0 Å². The van der Waals surface area contributed by atoms with E-state index < -0.39 is 23.5 Å². The predicted molar refractivity (Wildman–Crippen MR) is 127 cm³/mol. The lowest BCUT2D eigenvalue weighted by atomic mass is 9.84. The van der Waals surface area contributed by atoms with Gasteiger partial charge in [-0.25, -0.2) is 4.39 Å². The Morgan fingerprint density at radius 3 is 2.38 bits per heavy atom. The number of rotatable bonds is 4. The fourth-order valence-corrected chi connectivity index (χ4v) is 4.18. The van der Waals surface area contributed by atoms with Crippen LogP contribution in [0.2, 0.25) is 0 Å². The molecule has 1 unspecified atom stereocenters. The Bertz CT molecular complexity index is 1300. The molecule has 0 saturated carbocycles. The van der Waals surface area contributed by atoms with E-state index in [1.807, 2.05) is 20.8 Å². The maximum atomic E-state index is 14.0. The van der Waals surface area contributed by atoms with Gasteiger partial charge in [0.1, 0.15) is 17.3 Å². The van der Waals surface area contributed by atoms with E-state index in [-0.39, 0.29) is 22.4 Å². The molecule has 2 aromatic carbocycles. The maximum absolute atomic E-state index is 14.0. The molecule has 4 rings (SSSR count). The van der Waals surface area contributed by atoms with Crippen molar-refractivity contribution in [3.05, 3.63) is 95.1 Å². The molecule has 2 heterocycles. The van der Waals surface area contributed by atoms with Crippen molar-refractivity contribution in [2.75, 3.05) is 12.0 Å². The second-order valence-electron chi connectivity index (χ2n) is 9.09. The maximum Gasteiger partial charge on any atom is 0.300 e. The van der Waals surface area contributed by atoms with Gasteiger partial charge in [-0.1, -0.05) is 26.8 Å². The topological polar surface area (TPSA) is 79.7 Å². The van der Waals surface area contributed by atoms with Gasteiger partial charge in [0.25, 0.3) is 11.7 Å². The highest BCUT2D eigenvalue weighted by molar-refractivity contribution is 6.51. The third kappa shape index (κ3) is 4.05. The lowest BCUT2D eigenvalue weighted by Gasteiger charge is -2.26. The van der Waals surface area contributed by atoms with Crippen LogP contribution in [0.1, 0.15) is 43.5 Å². The van der Waals surface area contributed by atoms with E-state index >= 15 is 0 Å². The number of hydrogen-bond donors (Lipinski definition) is 1. The number of carbonyl (C=O) groups excluding carboxylic acids is 2. The molecule has 1 atom stereocenters. The number of carbonyl (C=O) groups is 2. The number of methoxy groups -OCH3 is 1. The zero-order valence-electron chi connectivity index (χ0n) is 19.4. The Labute approximate surface area is 197 Å². The van der Waals surface area contributed by atoms with Crippen LogP contribution in [-0.4, -0.2) is 28.9 Å². The molecule has 1 aliphatic heterocycles. The molecule has 3 aromatic rings. The third-order valence-electron chi connectivity index (χ3n) is 5.83. The van der Waals surface area contributed by atoms with E-state index in [0.717, 1.165) is 5.56 Å². The van der Waals surface area contributed by atoms with Gasteiger partial charge in [0, 0.05) is 29.2 Å². The summed E-state index contributed by atoms with van der Waals surface area (Å²) in [4.78, 5) is 31.6. The smallest absolute Gasteiger partial charge is 0.300 e. The van der Waals surface area contributed by atoms with Gasteiger partial charge in [-0.3, -0.25) is 19.5 Å². The van der Waals surface area contributed by atoms with Crippen LogP contribution in [0.3, 0.4) is 0 Å². The summed E-state index contributed by atoms with van der Waals surface area (Å²) in [6, 6.07) is 12.9. The highest BCUT2D eigenvalue weighted by Crippen LogP contribution is 2.43. The van der Waals surface area contributed by atoms with Crippen LogP contribution >= 0.6 is 0 Å². The summed E-state index contributed by atoms with van der Waals surface area (Å²) >= 11 is 0. The molecule has 1 saturated heterocycles. The van der Waals surface area contributed by atoms with E-state index in [0.29, 0.717) is 16.9 Å². The van der Waals surface area contributed by atoms with Crippen molar-refractivity contribution in [3.8, 4) is 5.75 Å². The molecule has 7 heteroatoms. The van der Waals surface area contributed by atoms with E-state index in [1.54, 1.807) is 43.5 Å². The van der Waals surface area contributed by atoms with E-state index in [1.165, 1.54) is 35.5 Å². The fourth-order valence-electron chi connectivity index (χ4n) is 4.18. The Hall–Kier alpha value is -4.00. The molecule has 6 nitrogen and oxygen atoms in total. The first-order valence-corrected chi connectivity index (χ1v) is 10.8. The van der Waals surface area contributed by atoms with Gasteiger partial charge in [0.15, 0.2) is 0 Å². The lowest BCUT2D eigenvalue weighted by molar-refractivity contribution is -0.132. The van der Waals surface area contributed by atoms with E-state index in [4.69, 9.17) is 4.74 Å². The number of benzene rings is 2. The normalized spacial score (nSPS) is 17.8. The second-order valence-corrected chi connectivity index (χ2v) is 9.09. The third-order valence-corrected chi connectivity index (χ3v) is 5.83. The number of ether oxygens (including phenoxy) is 1. The molecule has 1 amide bonds. The Morgan fingerprint density at radius 1 is 1.06 bits per heavy atom. The van der Waals surface area contributed by atoms with Crippen LogP contribution in [0.25, 0.3) is 5.76 Å². The van der Waals surface area contributed by atoms with Crippen molar-refractivity contribution in [2.45, 2.75) is 32.2 Å². The molecule has 1 fully saturated rings. The number of amides is 1. The van der Waals surface area contributed by atoms with Gasteiger partial charge < -0.3 is 9.84 Å². The summed E-state index contributed by atoms with van der Waals surface area (Å²) in [5, 5.41) is 11.4. The number of halogens is 1. The standard InChI is InChI=1S/C27H25FN2O4/c1-27(2,3)20-14-17(8-9-21(20)34-4)24(31)22-23(16-10-12-29-13-11-16)30(26(33)25(22)32)19-7-5-6-18(28)15-19/h5-15,23,31H,1-4H3/b24-22-. The number of aromatic nitrogens is 1. The average Bonchev–Trinajstić information content (AvgIpc) is 3.08. The molecule has 0 bridgehead atoms. The van der Waals surface area contributed by atoms with Gasteiger partial charge in [-0.05, 0) is 59.5 Å². The SMILES string of the molecule is COc1ccc(/C(O)=C2/C(=O)C(=O)N(c3cccc(F)c3)C2c2ccncc2)cc1C(C)(C)C. The van der Waals surface area contributed by atoms with E-state index in [9.17, 15) is 19.1 Å². The summed E-state index contributed by atoms with van der Waals surface area (Å²) < 4.78 is 19.5. The highest BCUT2D eigenvalue weighted by atomic mass is 19.1. The first-order valence-electron chi connectivity index (χ1n) is 10.8. The Balaban J connectivity index is 1.95. The van der Waals surface area contributed by atoms with Crippen molar-refractivity contribution < 1.29 is 23.8 Å². The first kappa shape index (κ1) is 23.2. The number of Topliss-reactive ketones (excluding diaryl/α,β-unsaturated/α-hetero) is 1. The van der Waals surface area contributed by atoms with Crippen LogP contribution in [0, 0.1) is 5.82 Å². The number of ketones is 1. The molecule has 1 aromatic heterocycles. The molecule has 0 radical (unpaired) electrons. The quantitative estimate of drug-likeness (QED) is 0.331. The minimum Gasteiger partial charge on any atom is -0.507 e. The van der Waals surface area contributed by atoms with Gasteiger partial charge in [0.2, 0.25) is 0 Å². The highest BCUT2D eigenvalue weighted by Gasteiger charge is 2.47. The summed E-state index contributed by atoms with van der Waals surface area (Å²) in [5.74, 6) is -1.91. The summed E-state index contributed by atoms with van der Waals surface area (Å²) in [6.45, 7) is 6.03. The minimum atomic E-state index is -0.954. The van der Waals surface area contributed by atoms with Crippen LogP contribution in [0.4, 0.5) is 10.1 Å². The predicted octanol–water partition coefficient (Wildman–Crippen LogP) is 5.15. The number of aliphatic hydroxyl groups excluding tert-OH is 1. The second kappa shape index (κ2) is 8.74. The molecular weight excluding hydrogens is 435 g/mol. The monoisotopic (exact) mass is 460 g/mol. The number of hydrogen-bond acceptors (Lipinski definition) is 5. The molecule has 34 heavy (non-hydrogen) atoms. The number of nitrogens with zero attached hydrogens (tertiary/aromatic N) is 2. The summed E-state index contributed by atoms with van der Waals surface area (Å²) in [7, 11) is 1.57. The molecular formula is C27H25FN2O4. The number of anilines is 1. The van der Waals surface area contributed by atoms with Crippen molar-refractivity contribution in [3.63, 3.8) is 0 Å². The first-order chi connectivity index (χ1) is 16.1. The van der Waals surface area contributed by atoms with Crippen molar-refractivity contribution in [1.29, 1.82) is 0 Å². The van der Waals surface area contributed by atoms with Crippen LogP contribution in [0.15, 0.2) is 72.6 Å². The van der Waals surface area contributed by atoms with Crippen molar-refractivity contribution in [2.24, 2.45) is 0 Å². The Kier molecular flexibility index (Phi) is 5.96. The van der Waals surface area contributed by atoms with Crippen LogP contribution < -0.4 is 9.64 Å². The average molecular weight is 461 g/mol. The molecule has 1 aliphatic rings. The Morgan fingerprint density at radius 2 is 1.76 bits per heavy atom. The molecule has 0 spiro atoms. The lowest BCUT2D eigenvalue weighted by Crippen LogP contribution is -2.29. The molecule has 174 valence electrons. The minimum absolute atomic E-state index is 0.0783. The van der Waals surface area contributed by atoms with Gasteiger partial charge >= 0.3 is 0 Å². The zero-order chi connectivity index (χ0) is 24.6. The summed E-state index contributed by atoms with van der Waals surface area (Å²) in [5.41, 5.74) is 1.60. The van der Waals surface area contributed by atoms with Gasteiger partial charge in [0.05, 0.1) is 18.7 Å². The number of aliphatic hydroxyl groups is 1. The summed E-state index contributed by atoms with van der Waals surface area (Å²) in [6.07, 6.45) is 3.07. The molecule has 0 aliphatic carbocycles. The molecule has 1 N–H and O–H groups in total. The van der Waals surface area contributed by atoms with Gasteiger partial charge in [-0.15, -0.1) is 0 Å². The van der Waals surface area contributed by atoms with Crippen molar-refractivity contribution in [1.82, 2.24) is 4.98 Å². The largest absolute Gasteiger partial charge is 0.507 e. The zero-order valence-corrected chi connectivity index (χ0v) is 19.4. The van der Waals surface area contributed by atoms with Crippen molar-refractivity contribution >= 4 is 23.1 Å². The fraction of sp³-hybridized carbons (Fsp3) is 0.222. The number of pyridine rings is 1. The van der Waals surface area contributed by atoms with E-state index in [2.05, 4.69) is 4.98 Å².